The molecule has 1 aliphatic rings. The van der Waals surface area contributed by atoms with E-state index in [9.17, 15) is 14.2 Å². The van der Waals surface area contributed by atoms with Crippen LogP contribution in [-0.4, -0.2) is 36.4 Å². The average molecular weight is 323 g/mol. The SMILES string of the molecule is Cc1c(N)n(CC2CSC(P(=O)(O)O)O2)c(=O)[nH]c1=O. The zero-order valence-electron chi connectivity index (χ0n) is 10.5. The van der Waals surface area contributed by atoms with Crippen molar-refractivity contribution in [2.24, 2.45) is 0 Å². The summed E-state index contributed by atoms with van der Waals surface area (Å²) >= 11 is 0.982. The van der Waals surface area contributed by atoms with E-state index in [1.54, 1.807) is 0 Å². The molecule has 0 bridgehead atoms. The van der Waals surface area contributed by atoms with Gasteiger partial charge in [-0.15, -0.1) is 11.8 Å². The molecule has 2 atom stereocenters. The van der Waals surface area contributed by atoms with Gasteiger partial charge in [-0.1, -0.05) is 0 Å². The largest absolute Gasteiger partial charge is 0.385 e. The predicted octanol–water partition coefficient (Wildman–Crippen LogP) is -0.979. The predicted molar refractivity (Wildman–Crippen MR) is 73.6 cm³/mol. The molecule has 112 valence electrons. The third-order valence-electron chi connectivity index (χ3n) is 2.88. The Morgan fingerprint density at radius 3 is 2.75 bits per heavy atom. The molecule has 1 fully saturated rings. The standard InChI is InChI=1S/C9H14N3O6PS/c1-4-6(10)12(8(14)11-7(4)13)2-5-3-20-9(18-5)19(15,16)17/h5,9H,2-3,10H2,1H3,(H,11,13,14)(H2,15,16,17). The number of ether oxygens (including phenoxy) is 1. The van der Waals surface area contributed by atoms with Crippen molar-refractivity contribution in [3.05, 3.63) is 26.4 Å². The van der Waals surface area contributed by atoms with Crippen molar-refractivity contribution < 1.29 is 19.1 Å². The number of hydrogen-bond donors (Lipinski definition) is 4. The van der Waals surface area contributed by atoms with Gasteiger partial charge in [-0.25, -0.2) is 4.79 Å². The number of nitrogens with one attached hydrogen (secondary N) is 1. The van der Waals surface area contributed by atoms with Crippen LogP contribution in [0.15, 0.2) is 9.59 Å². The van der Waals surface area contributed by atoms with E-state index in [1.807, 2.05) is 0 Å². The number of thioether (sulfide) groups is 1. The quantitative estimate of drug-likeness (QED) is 0.519. The first kappa shape index (κ1) is 15.3. The molecule has 0 saturated carbocycles. The maximum Gasteiger partial charge on any atom is 0.364 e. The van der Waals surface area contributed by atoms with E-state index in [0.29, 0.717) is 5.75 Å². The van der Waals surface area contributed by atoms with Gasteiger partial charge < -0.3 is 20.3 Å². The van der Waals surface area contributed by atoms with Gasteiger partial charge in [0, 0.05) is 5.75 Å². The molecule has 11 heteroatoms. The molecule has 1 aromatic rings. The summed E-state index contributed by atoms with van der Waals surface area (Å²) < 4.78 is 17.4. The van der Waals surface area contributed by atoms with Crippen LogP contribution in [-0.2, 0) is 15.8 Å². The Morgan fingerprint density at radius 1 is 1.55 bits per heavy atom. The lowest BCUT2D eigenvalue weighted by Gasteiger charge is -2.16. The molecule has 2 heterocycles. The fourth-order valence-corrected chi connectivity index (χ4v) is 3.94. The van der Waals surface area contributed by atoms with Gasteiger partial charge in [0.25, 0.3) is 5.56 Å². The average Bonchev–Trinajstić information content (AvgIpc) is 2.80. The summed E-state index contributed by atoms with van der Waals surface area (Å²) in [7, 11) is -4.33. The maximum atomic E-state index is 11.7. The van der Waals surface area contributed by atoms with Gasteiger partial charge in [-0.2, -0.15) is 0 Å². The molecule has 2 unspecified atom stereocenters. The van der Waals surface area contributed by atoms with Crippen LogP contribution in [0.5, 0.6) is 0 Å². The van der Waals surface area contributed by atoms with Gasteiger partial charge in [-0.05, 0) is 6.92 Å². The molecule has 20 heavy (non-hydrogen) atoms. The van der Waals surface area contributed by atoms with E-state index in [0.717, 1.165) is 16.3 Å². The Bertz CT molecular complexity index is 679. The first-order valence-electron chi connectivity index (χ1n) is 5.61. The smallest absolute Gasteiger partial charge is 0.364 e. The van der Waals surface area contributed by atoms with Crippen LogP contribution < -0.4 is 17.0 Å². The molecule has 2 rings (SSSR count). The number of hydrogen-bond acceptors (Lipinski definition) is 6. The first-order valence-corrected chi connectivity index (χ1v) is 8.34. The second kappa shape index (κ2) is 5.38. The lowest BCUT2D eigenvalue weighted by atomic mass is 10.3. The number of aromatic amines is 1. The molecule has 1 aromatic heterocycles. The summed E-state index contributed by atoms with van der Waals surface area (Å²) in [4.78, 5) is 43.2. The van der Waals surface area contributed by atoms with Crippen molar-refractivity contribution in [3.63, 3.8) is 0 Å². The van der Waals surface area contributed by atoms with E-state index in [1.165, 1.54) is 6.92 Å². The Hall–Kier alpha value is -1.06. The summed E-state index contributed by atoms with van der Waals surface area (Å²) in [5, 5.41) is -1.23. The highest BCUT2D eigenvalue weighted by molar-refractivity contribution is 8.05. The van der Waals surface area contributed by atoms with Crippen molar-refractivity contribution in [3.8, 4) is 0 Å². The Kier molecular flexibility index (Phi) is 4.12. The zero-order chi connectivity index (χ0) is 15.1. The van der Waals surface area contributed by atoms with Crippen LogP contribution in [0, 0.1) is 6.92 Å². The number of nitrogens with zero attached hydrogens (tertiary/aromatic N) is 1. The van der Waals surface area contributed by atoms with Gasteiger partial charge in [0.15, 0.2) is 0 Å². The maximum absolute atomic E-state index is 11.7. The third-order valence-corrected chi connectivity index (χ3v) is 5.78. The molecule has 1 aliphatic heterocycles. The molecule has 0 radical (unpaired) electrons. The topological polar surface area (TPSA) is 148 Å². The van der Waals surface area contributed by atoms with E-state index in [4.69, 9.17) is 20.3 Å². The summed E-state index contributed by atoms with van der Waals surface area (Å²) in [6, 6.07) is 0. The van der Waals surface area contributed by atoms with Crippen LogP contribution in [0.1, 0.15) is 5.56 Å². The van der Waals surface area contributed by atoms with Crippen LogP contribution in [0.4, 0.5) is 5.82 Å². The second-order valence-corrected chi connectivity index (χ2v) is 7.46. The number of rotatable bonds is 3. The summed E-state index contributed by atoms with van der Waals surface area (Å²) in [5.74, 6) is 0.340. The molecule has 1 saturated heterocycles. The molecule has 0 aromatic carbocycles. The molecular formula is C9H14N3O6PS. The molecular weight excluding hydrogens is 309 g/mol. The van der Waals surface area contributed by atoms with E-state index in [2.05, 4.69) is 4.98 Å². The molecule has 0 amide bonds. The van der Waals surface area contributed by atoms with Gasteiger partial charge in [0.2, 0.25) is 5.18 Å². The summed E-state index contributed by atoms with van der Waals surface area (Å²) in [6.45, 7) is 1.50. The van der Waals surface area contributed by atoms with Gasteiger partial charge in [-0.3, -0.25) is 18.9 Å². The highest BCUT2D eigenvalue weighted by Gasteiger charge is 2.38. The number of nitrogens with two attached hydrogens (primary N) is 1. The number of H-pyrrole nitrogens is 1. The van der Waals surface area contributed by atoms with Crippen molar-refractivity contribution >= 4 is 25.2 Å². The van der Waals surface area contributed by atoms with Crippen molar-refractivity contribution in [1.82, 2.24) is 9.55 Å². The van der Waals surface area contributed by atoms with E-state index in [-0.39, 0.29) is 17.9 Å². The van der Waals surface area contributed by atoms with Crippen LogP contribution >= 0.6 is 19.4 Å². The number of aromatic nitrogens is 2. The minimum atomic E-state index is -4.33. The lowest BCUT2D eigenvalue weighted by molar-refractivity contribution is 0.0766. The fourth-order valence-electron chi connectivity index (χ4n) is 1.78. The normalized spacial score (nSPS) is 23.1. The van der Waals surface area contributed by atoms with E-state index < -0.39 is 30.1 Å². The monoisotopic (exact) mass is 323 g/mol. The Morgan fingerprint density at radius 2 is 2.20 bits per heavy atom. The van der Waals surface area contributed by atoms with Crippen molar-refractivity contribution in [1.29, 1.82) is 0 Å². The van der Waals surface area contributed by atoms with Crippen LogP contribution in [0.3, 0.4) is 0 Å². The summed E-state index contributed by atoms with van der Waals surface area (Å²) in [5.41, 5.74) is 4.69. The van der Waals surface area contributed by atoms with Crippen molar-refractivity contribution in [2.45, 2.75) is 24.7 Å². The lowest BCUT2D eigenvalue weighted by Crippen LogP contribution is -2.37. The van der Waals surface area contributed by atoms with Gasteiger partial charge >= 0.3 is 13.3 Å². The van der Waals surface area contributed by atoms with Gasteiger partial charge in [0.1, 0.15) is 5.82 Å². The number of anilines is 1. The van der Waals surface area contributed by atoms with Crippen LogP contribution in [0.2, 0.25) is 0 Å². The van der Waals surface area contributed by atoms with E-state index >= 15 is 0 Å². The highest BCUT2D eigenvalue weighted by atomic mass is 32.2. The molecule has 0 aliphatic carbocycles. The third kappa shape index (κ3) is 2.99. The molecule has 9 nitrogen and oxygen atoms in total. The molecule has 5 N–H and O–H groups in total. The fraction of sp³-hybridized carbons (Fsp3) is 0.556. The summed E-state index contributed by atoms with van der Waals surface area (Å²) in [6.07, 6.45) is -0.567. The second-order valence-electron chi connectivity index (χ2n) is 4.37. The zero-order valence-corrected chi connectivity index (χ0v) is 12.2. The minimum Gasteiger partial charge on any atom is -0.385 e. The molecule has 0 spiro atoms. The van der Waals surface area contributed by atoms with Crippen LogP contribution in [0.25, 0.3) is 0 Å². The number of nitrogen functional groups attached to an aromatic ring is 1. The minimum absolute atomic E-state index is 0.0196. The Labute approximate surface area is 117 Å². The first-order chi connectivity index (χ1) is 9.20. The van der Waals surface area contributed by atoms with Gasteiger partial charge in [0.05, 0.1) is 18.2 Å². The Balaban J connectivity index is 2.21. The highest BCUT2D eigenvalue weighted by Crippen LogP contribution is 2.51. The van der Waals surface area contributed by atoms with Crippen molar-refractivity contribution in [2.75, 3.05) is 11.5 Å².